The number of benzene rings is 1. The molecule has 25 heavy (non-hydrogen) atoms. The zero-order valence-corrected chi connectivity index (χ0v) is 15.8. The number of nitrogens with zero attached hydrogens (tertiary/aromatic N) is 1. The Labute approximate surface area is 151 Å². The molecular weight excluding hydrogens is 318 g/mol. The quantitative estimate of drug-likeness (QED) is 0.307. The van der Waals surface area contributed by atoms with E-state index in [9.17, 15) is 5.11 Å². The summed E-state index contributed by atoms with van der Waals surface area (Å²) in [4.78, 5) is 4.55. The molecule has 6 heteroatoms. The predicted molar refractivity (Wildman–Crippen MR) is 103 cm³/mol. The zero-order chi connectivity index (χ0) is 18.3. The first-order valence-corrected chi connectivity index (χ1v) is 9.17. The lowest BCUT2D eigenvalue weighted by atomic mass is 10.1. The van der Waals surface area contributed by atoms with Crippen LogP contribution in [0, 0.1) is 0 Å². The Morgan fingerprint density at radius 1 is 1.16 bits per heavy atom. The minimum absolute atomic E-state index is 0.206. The van der Waals surface area contributed by atoms with Crippen LogP contribution in [0.1, 0.15) is 38.7 Å². The van der Waals surface area contributed by atoms with E-state index in [2.05, 4.69) is 22.5 Å². The number of aliphatic imine (C=N–C) groups is 1. The fraction of sp³-hybridized carbons (Fsp3) is 0.632. The molecule has 0 spiro atoms. The summed E-state index contributed by atoms with van der Waals surface area (Å²) in [5.41, 5.74) is 0.854. The molecule has 0 aliphatic heterocycles. The molecule has 0 saturated carbocycles. The summed E-state index contributed by atoms with van der Waals surface area (Å²) in [6.45, 7) is 8.00. The monoisotopic (exact) mass is 351 g/mol. The molecule has 0 aliphatic rings. The average Bonchev–Trinajstić information content (AvgIpc) is 2.62. The van der Waals surface area contributed by atoms with E-state index < -0.39 is 0 Å². The minimum Gasteiger partial charge on any atom is -0.504 e. The van der Waals surface area contributed by atoms with Crippen molar-refractivity contribution >= 4 is 5.96 Å². The molecule has 0 fully saturated rings. The van der Waals surface area contributed by atoms with Gasteiger partial charge in [0.1, 0.15) is 0 Å². The van der Waals surface area contributed by atoms with Crippen LogP contribution >= 0.6 is 0 Å². The van der Waals surface area contributed by atoms with Crippen molar-refractivity contribution in [3.63, 3.8) is 0 Å². The molecule has 0 amide bonds. The fourth-order valence-corrected chi connectivity index (χ4v) is 2.30. The van der Waals surface area contributed by atoms with Crippen molar-refractivity contribution in [1.82, 2.24) is 10.6 Å². The summed E-state index contributed by atoms with van der Waals surface area (Å²) in [7, 11) is 1.55. The largest absolute Gasteiger partial charge is 0.504 e. The molecule has 0 saturated heterocycles. The highest BCUT2D eigenvalue weighted by atomic mass is 16.5. The Hall–Kier alpha value is -1.95. The van der Waals surface area contributed by atoms with Gasteiger partial charge in [0.2, 0.25) is 0 Å². The van der Waals surface area contributed by atoms with E-state index in [-0.39, 0.29) is 5.75 Å². The molecule has 142 valence electrons. The van der Waals surface area contributed by atoms with Crippen molar-refractivity contribution in [2.45, 2.75) is 39.5 Å². The first-order chi connectivity index (χ1) is 12.2. The number of guanidine groups is 1. The number of phenolic OH excluding ortho intramolecular Hbond substituents is 1. The molecule has 0 aliphatic carbocycles. The number of para-hydroxylation sites is 1. The van der Waals surface area contributed by atoms with Gasteiger partial charge in [-0.3, -0.25) is 4.99 Å². The minimum atomic E-state index is 0.206. The molecule has 0 aromatic heterocycles. The van der Waals surface area contributed by atoms with Crippen molar-refractivity contribution in [3.8, 4) is 11.5 Å². The number of aromatic hydroxyl groups is 1. The van der Waals surface area contributed by atoms with Crippen LogP contribution in [0.15, 0.2) is 23.2 Å². The van der Waals surface area contributed by atoms with Gasteiger partial charge in [-0.2, -0.15) is 0 Å². The van der Waals surface area contributed by atoms with Gasteiger partial charge in [-0.15, -0.1) is 0 Å². The van der Waals surface area contributed by atoms with Gasteiger partial charge in [0.25, 0.3) is 0 Å². The summed E-state index contributed by atoms with van der Waals surface area (Å²) < 4.78 is 10.7. The van der Waals surface area contributed by atoms with E-state index in [1.807, 2.05) is 19.1 Å². The van der Waals surface area contributed by atoms with Gasteiger partial charge in [-0.25, -0.2) is 0 Å². The van der Waals surface area contributed by atoms with E-state index in [1.165, 1.54) is 0 Å². The SMILES string of the molecule is CCCCOCCCN=C(NCC)NCCc1cccc(OC)c1O. The van der Waals surface area contributed by atoms with Crippen LogP contribution in [0.5, 0.6) is 11.5 Å². The maximum Gasteiger partial charge on any atom is 0.191 e. The number of phenols is 1. The lowest BCUT2D eigenvalue weighted by Crippen LogP contribution is -2.38. The van der Waals surface area contributed by atoms with Gasteiger partial charge >= 0.3 is 0 Å². The zero-order valence-electron chi connectivity index (χ0n) is 15.8. The molecule has 6 nitrogen and oxygen atoms in total. The lowest BCUT2D eigenvalue weighted by molar-refractivity contribution is 0.130. The van der Waals surface area contributed by atoms with Gasteiger partial charge in [0.15, 0.2) is 17.5 Å². The molecule has 3 N–H and O–H groups in total. The van der Waals surface area contributed by atoms with Gasteiger partial charge in [0.05, 0.1) is 7.11 Å². The van der Waals surface area contributed by atoms with Crippen molar-refractivity contribution in [1.29, 1.82) is 0 Å². The number of methoxy groups -OCH3 is 1. The van der Waals surface area contributed by atoms with Gasteiger partial charge in [0, 0.05) is 32.8 Å². The summed E-state index contributed by atoms with van der Waals surface area (Å²) in [5, 5.41) is 16.6. The van der Waals surface area contributed by atoms with Gasteiger partial charge in [-0.05, 0) is 37.8 Å². The summed E-state index contributed by atoms with van der Waals surface area (Å²) in [6, 6.07) is 5.53. The Balaban J connectivity index is 2.36. The van der Waals surface area contributed by atoms with E-state index in [4.69, 9.17) is 9.47 Å². The first kappa shape index (κ1) is 21.1. The maximum atomic E-state index is 10.1. The Morgan fingerprint density at radius 2 is 1.96 bits per heavy atom. The van der Waals surface area contributed by atoms with Crippen LogP contribution in [0.2, 0.25) is 0 Å². The standard InChI is InChI=1S/C19H33N3O3/c1-4-6-14-25-15-8-12-21-19(20-5-2)22-13-11-16-9-7-10-17(24-3)18(16)23/h7,9-10,23H,4-6,8,11-15H2,1-3H3,(H2,20,21,22). The number of rotatable bonds is 12. The third-order valence-electron chi connectivity index (χ3n) is 3.69. The Kier molecular flexibility index (Phi) is 11.3. The second-order valence-electron chi connectivity index (χ2n) is 5.72. The second kappa shape index (κ2) is 13.4. The molecule has 1 rings (SSSR count). The molecule has 0 bridgehead atoms. The summed E-state index contributed by atoms with van der Waals surface area (Å²) >= 11 is 0. The molecule has 1 aromatic carbocycles. The number of hydrogen-bond acceptors (Lipinski definition) is 4. The molecule has 1 aromatic rings. The second-order valence-corrected chi connectivity index (χ2v) is 5.72. The molecule has 0 radical (unpaired) electrons. The number of hydrogen-bond donors (Lipinski definition) is 3. The molecule has 0 atom stereocenters. The van der Waals surface area contributed by atoms with E-state index in [0.29, 0.717) is 18.7 Å². The van der Waals surface area contributed by atoms with Crippen molar-refractivity contribution in [2.24, 2.45) is 4.99 Å². The summed E-state index contributed by atoms with van der Waals surface area (Å²) in [5.74, 6) is 1.50. The highest BCUT2D eigenvalue weighted by Crippen LogP contribution is 2.29. The van der Waals surface area contributed by atoms with E-state index in [0.717, 1.165) is 57.1 Å². The van der Waals surface area contributed by atoms with E-state index >= 15 is 0 Å². The first-order valence-electron chi connectivity index (χ1n) is 9.17. The number of nitrogens with one attached hydrogen (secondary N) is 2. The highest BCUT2D eigenvalue weighted by Gasteiger charge is 2.07. The van der Waals surface area contributed by atoms with Crippen molar-refractivity contribution in [2.75, 3.05) is 40.0 Å². The van der Waals surface area contributed by atoms with Crippen LogP contribution in [0.4, 0.5) is 0 Å². The molecule has 0 heterocycles. The predicted octanol–water partition coefficient (Wildman–Crippen LogP) is 2.71. The number of ether oxygens (including phenoxy) is 2. The Bertz CT molecular complexity index is 507. The lowest BCUT2D eigenvalue weighted by Gasteiger charge is -2.13. The smallest absolute Gasteiger partial charge is 0.191 e. The van der Waals surface area contributed by atoms with Crippen LogP contribution in [0.3, 0.4) is 0 Å². The third kappa shape index (κ3) is 8.63. The normalized spacial score (nSPS) is 11.4. The maximum absolute atomic E-state index is 10.1. The highest BCUT2D eigenvalue weighted by molar-refractivity contribution is 5.79. The van der Waals surface area contributed by atoms with Crippen LogP contribution < -0.4 is 15.4 Å². The number of unbranched alkanes of at least 4 members (excludes halogenated alkanes) is 1. The summed E-state index contributed by atoms with van der Waals surface area (Å²) in [6.07, 6.45) is 3.88. The molecule has 0 unspecified atom stereocenters. The van der Waals surface area contributed by atoms with Crippen LogP contribution in [0.25, 0.3) is 0 Å². The van der Waals surface area contributed by atoms with E-state index in [1.54, 1.807) is 13.2 Å². The third-order valence-corrected chi connectivity index (χ3v) is 3.69. The van der Waals surface area contributed by atoms with Gasteiger partial charge in [-0.1, -0.05) is 25.5 Å². The fourth-order valence-electron chi connectivity index (χ4n) is 2.30. The van der Waals surface area contributed by atoms with Crippen LogP contribution in [-0.4, -0.2) is 51.0 Å². The van der Waals surface area contributed by atoms with Crippen molar-refractivity contribution < 1.29 is 14.6 Å². The van der Waals surface area contributed by atoms with Crippen molar-refractivity contribution in [3.05, 3.63) is 23.8 Å². The van der Waals surface area contributed by atoms with Crippen LogP contribution in [-0.2, 0) is 11.2 Å². The Morgan fingerprint density at radius 3 is 2.68 bits per heavy atom. The van der Waals surface area contributed by atoms with Gasteiger partial charge < -0.3 is 25.2 Å². The topological polar surface area (TPSA) is 75.1 Å². The average molecular weight is 351 g/mol. The molecular formula is C19H33N3O3.